The molecule has 6 heteroatoms. The molecule has 1 aromatic rings. The van der Waals surface area contributed by atoms with Gasteiger partial charge in [0, 0.05) is 19.1 Å². The summed E-state index contributed by atoms with van der Waals surface area (Å²) in [5, 5.41) is 0. The number of rotatable bonds is 8. The van der Waals surface area contributed by atoms with Crippen LogP contribution in [0.25, 0.3) is 0 Å². The highest BCUT2D eigenvalue weighted by Gasteiger charge is 2.12. The summed E-state index contributed by atoms with van der Waals surface area (Å²) in [5.74, 6) is 0. The van der Waals surface area contributed by atoms with Gasteiger partial charge in [-0.25, -0.2) is 4.18 Å². The van der Waals surface area contributed by atoms with Crippen molar-refractivity contribution in [2.45, 2.75) is 19.9 Å². The molecule has 0 amide bonds. The molecule has 1 N–H and O–H groups in total. The molecule has 0 fully saturated rings. The van der Waals surface area contributed by atoms with Crippen molar-refractivity contribution in [3.05, 3.63) is 61.2 Å². The summed E-state index contributed by atoms with van der Waals surface area (Å²) in [6.45, 7) is 13.0. The van der Waals surface area contributed by atoms with E-state index >= 15 is 0 Å². The number of hydrogen-bond acceptors (Lipinski definition) is 4. The monoisotopic (exact) mass is 327 g/mol. The van der Waals surface area contributed by atoms with Gasteiger partial charge in [-0.2, -0.15) is 8.42 Å². The molecular formula is C16H25NO4S. The molecule has 1 atom stereocenters. The van der Waals surface area contributed by atoms with Gasteiger partial charge in [0.1, 0.15) is 0 Å². The van der Waals surface area contributed by atoms with Gasteiger partial charge in [0.15, 0.2) is 0 Å². The zero-order chi connectivity index (χ0) is 17.0. The maximum absolute atomic E-state index is 9.56. The first kappa shape index (κ1) is 20.5. The van der Waals surface area contributed by atoms with Crippen LogP contribution in [0.2, 0.25) is 0 Å². The third-order valence-corrected chi connectivity index (χ3v) is 3.36. The van der Waals surface area contributed by atoms with Crippen LogP contribution in [0.1, 0.15) is 25.5 Å². The summed E-state index contributed by atoms with van der Waals surface area (Å²) < 4.78 is 30.7. The summed E-state index contributed by atoms with van der Waals surface area (Å²) in [6, 6.07) is 10.9. The van der Waals surface area contributed by atoms with Gasteiger partial charge >= 0.3 is 10.4 Å². The van der Waals surface area contributed by atoms with Crippen LogP contribution in [-0.4, -0.2) is 37.6 Å². The molecule has 0 radical (unpaired) electrons. The second kappa shape index (κ2) is 11.1. The van der Waals surface area contributed by atoms with E-state index in [2.05, 4.69) is 53.4 Å². The van der Waals surface area contributed by atoms with E-state index in [9.17, 15) is 8.42 Å². The maximum atomic E-state index is 9.56. The molecule has 22 heavy (non-hydrogen) atoms. The number of nitrogens with zero attached hydrogens (tertiary/aromatic N) is 1. The predicted molar refractivity (Wildman–Crippen MR) is 90.0 cm³/mol. The van der Waals surface area contributed by atoms with Crippen molar-refractivity contribution in [2.75, 3.05) is 19.7 Å². The molecule has 0 aromatic heterocycles. The zero-order valence-corrected chi connectivity index (χ0v) is 14.0. The molecule has 5 nitrogen and oxygen atoms in total. The van der Waals surface area contributed by atoms with E-state index in [0.717, 1.165) is 13.1 Å². The van der Waals surface area contributed by atoms with Crippen molar-refractivity contribution in [1.82, 2.24) is 4.90 Å². The minimum Gasteiger partial charge on any atom is -0.289 e. The SMILES string of the molecule is C=CCN(CC=C)C(C)c1ccccc1.CCOS(=O)(=O)O. The van der Waals surface area contributed by atoms with E-state index in [1.54, 1.807) is 0 Å². The van der Waals surface area contributed by atoms with Crippen LogP contribution in [0.3, 0.4) is 0 Å². The second-order valence-corrected chi connectivity index (χ2v) is 5.54. The van der Waals surface area contributed by atoms with E-state index < -0.39 is 10.4 Å². The van der Waals surface area contributed by atoms with Gasteiger partial charge in [-0.15, -0.1) is 13.2 Å². The van der Waals surface area contributed by atoms with Gasteiger partial charge in [0.05, 0.1) is 6.61 Å². The largest absolute Gasteiger partial charge is 0.397 e. The van der Waals surface area contributed by atoms with Crippen LogP contribution < -0.4 is 0 Å². The average Bonchev–Trinajstić information content (AvgIpc) is 2.46. The fourth-order valence-corrected chi connectivity index (χ4v) is 2.11. The smallest absolute Gasteiger partial charge is 0.289 e. The molecular weight excluding hydrogens is 302 g/mol. The molecule has 1 rings (SSSR count). The van der Waals surface area contributed by atoms with Gasteiger partial charge < -0.3 is 0 Å². The van der Waals surface area contributed by atoms with Crippen LogP contribution in [0.4, 0.5) is 0 Å². The summed E-state index contributed by atoms with van der Waals surface area (Å²) in [6.07, 6.45) is 3.87. The Labute approximate surface area is 133 Å². The van der Waals surface area contributed by atoms with Crippen molar-refractivity contribution < 1.29 is 17.2 Å². The Morgan fingerprint density at radius 2 is 1.73 bits per heavy atom. The van der Waals surface area contributed by atoms with Crippen LogP contribution in [0, 0.1) is 0 Å². The van der Waals surface area contributed by atoms with Gasteiger partial charge in [-0.05, 0) is 19.4 Å². The van der Waals surface area contributed by atoms with Gasteiger partial charge in [-0.1, -0.05) is 42.5 Å². The second-order valence-electron chi connectivity index (χ2n) is 4.45. The summed E-state index contributed by atoms with van der Waals surface area (Å²) in [4.78, 5) is 2.33. The van der Waals surface area contributed by atoms with Gasteiger partial charge in [-0.3, -0.25) is 9.45 Å². The fourth-order valence-electron chi connectivity index (χ4n) is 1.81. The summed E-state index contributed by atoms with van der Waals surface area (Å²) in [7, 11) is -4.17. The highest BCUT2D eigenvalue weighted by molar-refractivity contribution is 7.80. The molecule has 0 aliphatic heterocycles. The van der Waals surface area contributed by atoms with E-state index in [1.165, 1.54) is 12.5 Å². The molecule has 0 aliphatic rings. The van der Waals surface area contributed by atoms with Crippen LogP contribution in [-0.2, 0) is 14.6 Å². The predicted octanol–water partition coefficient (Wildman–Crippen LogP) is 3.25. The first-order valence-corrected chi connectivity index (χ1v) is 8.34. The lowest BCUT2D eigenvalue weighted by atomic mass is 10.1. The summed E-state index contributed by atoms with van der Waals surface area (Å²) in [5.41, 5.74) is 1.33. The van der Waals surface area contributed by atoms with Gasteiger partial charge in [0.2, 0.25) is 0 Å². The molecule has 0 heterocycles. The number of hydrogen-bond donors (Lipinski definition) is 1. The molecule has 0 bridgehead atoms. The third-order valence-electron chi connectivity index (χ3n) is 2.82. The molecule has 0 aliphatic carbocycles. The first-order valence-electron chi connectivity index (χ1n) is 6.98. The highest BCUT2D eigenvalue weighted by Crippen LogP contribution is 2.19. The fraction of sp³-hybridized carbons (Fsp3) is 0.375. The molecule has 124 valence electrons. The van der Waals surface area contributed by atoms with Crippen LogP contribution >= 0.6 is 0 Å². The normalized spacial score (nSPS) is 12.2. The lowest BCUT2D eigenvalue weighted by Crippen LogP contribution is -2.27. The maximum Gasteiger partial charge on any atom is 0.397 e. The Morgan fingerprint density at radius 1 is 1.23 bits per heavy atom. The minimum absolute atomic E-state index is 0.0289. The zero-order valence-electron chi connectivity index (χ0n) is 13.2. The molecule has 0 saturated heterocycles. The molecule has 0 spiro atoms. The van der Waals surface area contributed by atoms with E-state index in [1.807, 2.05) is 18.2 Å². The van der Waals surface area contributed by atoms with Crippen LogP contribution in [0.5, 0.6) is 0 Å². The lowest BCUT2D eigenvalue weighted by Gasteiger charge is -2.27. The van der Waals surface area contributed by atoms with Gasteiger partial charge in [0.25, 0.3) is 0 Å². The van der Waals surface area contributed by atoms with E-state index in [4.69, 9.17) is 4.55 Å². The topological polar surface area (TPSA) is 66.8 Å². The Morgan fingerprint density at radius 3 is 2.05 bits per heavy atom. The van der Waals surface area contributed by atoms with Crippen molar-refractivity contribution in [3.8, 4) is 0 Å². The van der Waals surface area contributed by atoms with Crippen molar-refractivity contribution >= 4 is 10.4 Å². The van der Waals surface area contributed by atoms with Crippen molar-refractivity contribution in [2.24, 2.45) is 0 Å². The highest BCUT2D eigenvalue weighted by atomic mass is 32.3. The Balaban J connectivity index is 0.000000534. The van der Waals surface area contributed by atoms with Crippen LogP contribution in [0.15, 0.2) is 55.6 Å². The number of benzene rings is 1. The van der Waals surface area contributed by atoms with E-state index in [0.29, 0.717) is 6.04 Å². The third kappa shape index (κ3) is 9.46. The lowest BCUT2D eigenvalue weighted by molar-refractivity contribution is 0.260. The Bertz CT molecular complexity index is 518. The molecule has 0 saturated carbocycles. The minimum atomic E-state index is -4.17. The quantitative estimate of drug-likeness (QED) is 0.586. The Kier molecular flexibility index (Phi) is 10.4. The standard InChI is InChI=1S/C14H19N.C2H6O4S/c1-4-11-15(12-5-2)13(3)14-9-7-6-8-10-14;1-2-6-7(3,4)5/h4-10,13H,1-2,11-12H2,3H3;2H2,1H3,(H,3,4,5). The molecule has 1 aromatic carbocycles. The van der Waals surface area contributed by atoms with E-state index in [-0.39, 0.29) is 6.61 Å². The first-order chi connectivity index (χ1) is 10.4. The Hall–Kier alpha value is -1.47. The summed E-state index contributed by atoms with van der Waals surface area (Å²) >= 11 is 0. The van der Waals surface area contributed by atoms with Crippen molar-refractivity contribution in [1.29, 1.82) is 0 Å². The molecule has 1 unspecified atom stereocenters. The average molecular weight is 327 g/mol. The van der Waals surface area contributed by atoms with Crippen molar-refractivity contribution in [3.63, 3.8) is 0 Å².